The fraction of sp³-hybridized carbons (Fsp3) is 0.360. The van der Waals surface area contributed by atoms with E-state index in [2.05, 4.69) is 38.1 Å². The number of thiazole rings is 1. The minimum Gasteiger partial charge on any atom is -0.491 e. The van der Waals surface area contributed by atoms with Crippen molar-refractivity contribution >= 4 is 17.3 Å². The molecular formula is C25H27NO3S. The summed E-state index contributed by atoms with van der Waals surface area (Å²) in [6.45, 7) is 8.28. The number of ether oxygens (including phenoxy) is 1. The van der Waals surface area contributed by atoms with E-state index < -0.39 is 5.97 Å². The summed E-state index contributed by atoms with van der Waals surface area (Å²) in [5.41, 5.74) is 7.16. The maximum atomic E-state index is 11.2. The zero-order valence-electron chi connectivity index (χ0n) is 17.9. The van der Waals surface area contributed by atoms with Gasteiger partial charge >= 0.3 is 5.97 Å². The molecule has 4 nitrogen and oxygen atoms in total. The van der Waals surface area contributed by atoms with E-state index in [4.69, 9.17) is 9.72 Å². The number of carboxylic acid groups (broad SMARTS) is 1. The minimum atomic E-state index is -0.723. The van der Waals surface area contributed by atoms with Gasteiger partial charge in [-0.1, -0.05) is 12.1 Å². The Hall–Kier alpha value is -2.66. The van der Waals surface area contributed by atoms with E-state index in [1.54, 1.807) is 11.3 Å². The summed E-state index contributed by atoms with van der Waals surface area (Å²) in [7, 11) is 0. The van der Waals surface area contributed by atoms with Crippen molar-refractivity contribution in [3.63, 3.8) is 0 Å². The second-order valence-electron chi connectivity index (χ2n) is 8.32. The zero-order valence-corrected chi connectivity index (χ0v) is 18.7. The molecule has 0 amide bonds. The Labute approximate surface area is 181 Å². The van der Waals surface area contributed by atoms with E-state index >= 15 is 0 Å². The molecule has 1 aliphatic carbocycles. The number of aryl methyl sites for hydroxylation is 1. The number of aromatic nitrogens is 1. The first-order valence-corrected chi connectivity index (χ1v) is 11.2. The first-order chi connectivity index (χ1) is 14.3. The van der Waals surface area contributed by atoms with Crippen LogP contribution in [0.25, 0.3) is 21.0 Å². The highest BCUT2D eigenvalue weighted by atomic mass is 32.1. The summed E-state index contributed by atoms with van der Waals surface area (Å²) in [4.78, 5) is 17.0. The number of carbonyl (C=O) groups is 1. The standard InChI is InChI=1S/C25H27NO3S/c1-14(2)29-22-10-6-18(11-15(22)3)23-13-26-25(30-23)20-8-9-21-17(12-24(27)28)5-7-19(21)16(20)4/h6,8-11,13-14,17H,5,7,12H2,1-4H3,(H,27,28). The second-order valence-corrected chi connectivity index (χ2v) is 9.35. The Kier molecular flexibility index (Phi) is 5.65. The normalized spacial score (nSPS) is 15.4. The van der Waals surface area contributed by atoms with Crippen LogP contribution >= 0.6 is 11.3 Å². The number of nitrogens with zero attached hydrogens (tertiary/aromatic N) is 1. The minimum absolute atomic E-state index is 0.131. The molecule has 2 aromatic carbocycles. The van der Waals surface area contributed by atoms with Gasteiger partial charge in [0, 0.05) is 11.8 Å². The number of benzene rings is 2. The molecule has 156 valence electrons. The number of aliphatic carboxylic acids is 1. The molecule has 1 N–H and O–H groups in total. The molecule has 3 aromatic rings. The van der Waals surface area contributed by atoms with Crippen LogP contribution in [-0.2, 0) is 11.2 Å². The number of rotatable bonds is 6. The Balaban J connectivity index is 1.62. The van der Waals surface area contributed by atoms with Gasteiger partial charge in [-0.05, 0) is 92.5 Å². The number of hydrogen-bond acceptors (Lipinski definition) is 4. The zero-order chi connectivity index (χ0) is 21.4. The van der Waals surface area contributed by atoms with Crippen LogP contribution in [0.5, 0.6) is 5.75 Å². The van der Waals surface area contributed by atoms with E-state index in [9.17, 15) is 9.90 Å². The van der Waals surface area contributed by atoms with Gasteiger partial charge in [0.2, 0.25) is 0 Å². The van der Waals surface area contributed by atoms with Gasteiger partial charge in [0.05, 0.1) is 17.4 Å². The molecule has 30 heavy (non-hydrogen) atoms. The molecule has 0 saturated heterocycles. The fourth-order valence-corrected chi connectivity index (χ4v) is 5.34. The van der Waals surface area contributed by atoms with Crippen molar-refractivity contribution in [2.75, 3.05) is 0 Å². The SMILES string of the molecule is Cc1cc(-c2cnc(-c3ccc4c(c3C)CCC4CC(=O)O)s2)ccc1OC(C)C. The van der Waals surface area contributed by atoms with Crippen LogP contribution in [0.15, 0.2) is 36.5 Å². The lowest BCUT2D eigenvalue weighted by atomic mass is 9.94. The third kappa shape index (κ3) is 3.99. The molecule has 1 atom stereocenters. The fourth-order valence-electron chi connectivity index (χ4n) is 4.34. The van der Waals surface area contributed by atoms with Crippen molar-refractivity contribution in [3.8, 4) is 26.8 Å². The van der Waals surface area contributed by atoms with Crippen LogP contribution in [0.3, 0.4) is 0 Å². The predicted molar refractivity (Wildman–Crippen MR) is 122 cm³/mol. The van der Waals surface area contributed by atoms with Gasteiger partial charge in [0.15, 0.2) is 0 Å². The predicted octanol–water partition coefficient (Wildman–Crippen LogP) is 6.39. The number of hydrogen-bond donors (Lipinski definition) is 1. The number of carboxylic acids is 1. The molecule has 0 aliphatic heterocycles. The first kappa shape index (κ1) is 20.6. The van der Waals surface area contributed by atoms with E-state index in [0.717, 1.165) is 45.2 Å². The Morgan fingerprint density at radius 3 is 2.77 bits per heavy atom. The lowest BCUT2D eigenvalue weighted by Gasteiger charge is -2.13. The summed E-state index contributed by atoms with van der Waals surface area (Å²) in [6.07, 6.45) is 4.17. The summed E-state index contributed by atoms with van der Waals surface area (Å²) in [6, 6.07) is 10.5. The highest BCUT2D eigenvalue weighted by Gasteiger charge is 2.27. The van der Waals surface area contributed by atoms with Gasteiger partial charge in [-0.3, -0.25) is 4.79 Å². The maximum absolute atomic E-state index is 11.2. The average Bonchev–Trinajstić information content (AvgIpc) is 3.31. The van der Waals surface area contributed by atoms with Crippen LogP contribution in [0.4, 0.5) is 0 Å². The van der Waals surface area contributed by atoms with Crippen LogP contribution in [-0.4, -0.2) is 22.2 Å². The van der Waals surface area contributed by atoms with Gasteiger partial charge in [-0.15, -0.1) is 11.3 Å². The van der Waals surface area contributed by atoms with Crippen molar-refractivity contribution in [1.29, 1.82) is 0 Å². The molecule has 4 rings (SSSR count). The molecule has 1 aliphatic rings. The first-order valence-electron chi connectivity index (χ1n) is 10.4. The average molecular weight is 422 g/mol. The molecule has 0 saturated carbocycles. The molecule has 1 aromatic heterocycles. The highest BCUT2D eigenvalue weighted by Crippen LogP contribution is 2.42. The Bertz CT molecular complexity index is 1100. The monoisotopic (exact) mass is 421 g/mol. The third-order valence-corrected chi connectivity index (χ3v) is 6.88. The summed E-state index contributed by atoms with van der Waals surface area (Å²) >= 11 is 1.69. The third-order valence-electron chi connectivity index (χ3n) is 5.80. The molecular weight excluding hydrogens is 394 g/mol. The van der Waals surface area contributed by atoms with Crippen LogP contribution in [0.1, 0.15) is 54.9 Å². The van der Waals surface area contributed by atoms with Crippen LogP contribution in [0.2, 0.25) is 0 Å². The second kappa shape index (κ2) is 8.23. The summed E-state index contributed by atoms with van der Waals surface area (Å²) in [5.74, 6) is 0.328. The van der Waals surface area contributed by atoms with E-state index in [1.807, 2.05) is 26.1 Å². The van der Waals surface area contributed by atoms with E-state index in [-0.39, 0.29) is 18.4 Å². The quantitative estimate of drug-likeness (QED) is 0.501. The maximum Gasteiger partial charge on any atom is 0.303 e. The Morgan fingerprint density at radius 2 is 2.07 bits per heavy atom. The lowest BCUT2D eigenvalue weighted by molar-refractivity contribution is -0.137. The molecule has 5 heteroatoms. The summed E-state index contributed by atoms with van der Waals surface area (Å²) in [5, 5.41) is 10.2. The smallest absolute Gasteiger partial charge is 0.303 e. The van der Waals surface area contributed by atoms with E-state index in [0.29, 0.717) is 0 Å². The van der Waals surface area contributed by atoms with E-state index in [1.165, 1.54) is 16.7 Å². The number of fused-ring (bicyclic) bond motifs is 1. The van der Waals surface area contributed by atoms with Crippen LogP contribution in [0, 0.1) is 13.8 Å². The van der Waals surface area contributed by atoms with Gasteiger partial charge in [-0.25, -0.2) is 4.98 Å². The molecule has 0 fully saturated rings. The lowest BCUT2D eigenvalue weighted by Crippen LogP contribution is -2.06. The molecule has 0 radical (unpaired) electrons. The largest absolute Gasteiger partial charge is 0.491 e. The van der Waals surface area contributed by atoms with Crippen molar-refractivity contribution in [1.82, 2.24) is 4.98 Å². The topological polar surface area (TPSA) is 59.4 Å². The van der Waals surface area contributed by atoms with Crippen molar-refractivity contribution in [2.24, 2.45) is 0 Å². The van der Waals surface area contributed by atoms with Gasteiger partial charge in [0.25, 0.3) is 0 Å². The Morgan fingerprint density at radius 1 is 1.27 bits per heavy atom. The van der Waals surface area contributed by atoms with Crippen LogP contribution < -0.4 is 4.74 Å². The van der Waals surface area contributed by atoms with Gasteiger partial charge in [-0.2, -0.15) is 0 Å². The molecule has 1 unspecified atom stereocenters. The molecule has 0 bridgehead atoms. The molecule has 1 heterocycles. The molecule has 0 spiro atoms. The summed E-state index contributed by atoms with van der Waals surface area (Å²) < 4.78 is 5.85. The van der Waals surface area contributed by atoms with Crippen molar-refractivity contribution < 1.29 is 14.6 Å². The highest BCUT2D eigenvalue weighted by molar-refractivity contribution is 7.18. The van der Waals surface area contributed by atoms with Crippen molar-refractivity contribution in [3.05, 3.63) is 58.8 Å². The van der Waals surface area contributed by atoms with Gasteiger partial charge < -0.3 is 9.84 Å². The van der Waals surface area contributed by atoms with Crippen molar-refractivity contribution in [2.45, 2.75) is 59.0 Å². The van der Waals surface area contributed by atoms with Gasteiger partial charge in [0.1, 0.15) is 10.8 Å².